The van der Waals surface area contributed by atoms with Gasteiger partial charge in [-0.05, 0) is 42.9 Å². The van der Waals surface area contributed by atoms with Crippen molar-refractivity contribution in [3.05, 3.63) is 65.2 Å². The average Bonchev–Trinajstić information content (AvgIpc) is 2.74. The smallest absolute Gasteiger partial charge is 0.217 e. The fourth-order valence-electron chi connectivity index (χ4n) is 4.66. The molecule has 5 heteroatoms. The maximum atomic E-state index is 11.7. The van der Waals surface area contributed by atoms with Gasteiger partial charge >= 0.3 is 0 Å². The minimum Gasteiger partial charge on any atom is -0.487 e. The third-order valence-corrected chi connectivity index (χ3v) is 6.50. The first-order valence-electron chi connectivity index (χ1n) is 11.0. The number of nitrogens with one attached hydrogen (secondary N) is 2. The van der Waals surface area contributed by atoms with Crippen LogP contribution in [0.2, 0.25) is 0 Å². The lowest BCUT2D eigenvalue weighted by Crippen LogP contribution is -2.50. The summed E-state index contributed by atoms with van der Waals surface area (Å²) < 4.78 is 6.40. The van der Waals surface area contributed by atoms with Crippen LogP contribution in [0.4, 0.5) is 0 Å². The van der Waals surface area contributed by atoms with E-state index in [0.29, 0.717) is 6.54 Å². The summed E-state index contributed by atoms with van der Waals surface area (Å²) in [5.41, 5.74) is 3.29. The lowest BCUT2D eigenvalue weighted by Gasteiger charge is -2.48. The van der Waals surface area contributed by atoms with Gasteiger partial charge in [0.1, 0.15) is 11.4 Å². The molecule has 0 aromatic heterocycles. The maximum absolute atomic E-state index is 11.7. The molecule has 1 spiro atoms. The van der Waals surface area contributed by atoms with Crippen LogP contribution in [0.5, 0.6) is 5.75 Å². The molecule has 1 amide bonds. The molecule has 1 heterocycles. The van der Waals surface area contributed by atoms with Crippen LogP contribution >= 0.6 is 0 Å². The Kier molecular flexibility index (Phi) is 6.11. The summed E-state index contributed by atoms with van der Waals surface area (Å²) in [7, 11) is 0. The normalized spacial score (nSPS) is 21.1. The summed E-state index contributed by atoms with van der Waals surface area (Å²) in [6, 6.07) is 15.8. The summed E-state index contributed by atoms with van der Waals surface area (Å²) in [4.78, 5) is 11.7. The zero-order chi connectivity index (χ0) is 21.1. The Morgan fingerprint density at radius 2 is 2.00 bits per heavy atom. The minimum atomic E-state index is -0.741. The van der Waals surface area contributed by atoms with Gasteiger partial charge in [-0.2, -0.15) is 0 Å². The third kappa shape index (κ3) is 4.37. The van der Waals surface area contributed by atoms with Crippen molar-refractivity contribution >= 4 is 5.91 Å². The van der Waals surface area contributed by atoms with Crippen molar-refractivity contribution in [2.45, 2.75) is 69.7 Å². The molecule has 1 aliphatic carbocycles. The molecule has 4 rings (SSSR count). The molecule has 1 fully saturated rings. The Hall–Kier alpha value is -2.37. The molecule has 0 unspecified atom stereocenters. The van der Waals surface area contributed by atoms with Crippen molar-refractivity contribution in [2.75, 3.05) is 6.54 Å². The second-order valence-electron chi connectivity index (χ2n) is 8.69. The van der Waals surface area contributed by atoms with E-state index in [4.69, 9.17) is 4.74 Å². The van der Waals surface area contributed by atoms with Gasteiger partial charge in [0.25, 0.3) is 0 Å². The number of carbonyl (C=O) groups is 1. The van der Waals surface area contributed by atoms with Gasteiger partial charge in [-0.25, -0.2) is 0 Å². The molecule has 2 aliphatic rings. The number of carbonyl (C=O) groups excluding carboxylic acids is 1. The molecule has 5 nitrogen and oxygen atoms in total. The van der Waals surface area contributed by atoms with Crippen LogP contribution in [0.3, 0.4) is 0 Å². The number of rotatable bonds is 7. The van der Waals surface area contributed by atoms with Gasteiger partial charge in [-0.15, -0.1) is 0 Å². The van der Waals surface area contributed by atoms with Crippen LogP contribution in [0.1, 0.15) is 68.3 Å². The number of amides is 1. The molecular weight excluding hydrogens is 376 g/mol. The molecule has 0 saturated heterocycles. The number of hydrogen-bond acceptors (Lipinski definition) is 4. The fraction of sp³-hybridized carbons (Fsp3) is 0.480. The van der Waals surface area contributed by atoms with E-state index in [0.717, 1.165) is 37.0 Å². The Labute approximate surface area is 178 Å². The zero-order valence-corrected chi connectivity index (χ0v) is 17.9. The number of hydrogen-bond donors (Lipinski definition) is 3. The van der Waals surface area contributed by atoms with E-state index in [-0.39, 0.29) is 17.6 Å². The van der Waals surface area contributed by atoms with Crippen LogP contribution < -0.4 is 15.4 Å². The lowest BCUT2D eigenvalue weighted by molar-refractivity contribution is -0.120. The van der Waals surface area contributed by atoms with Crippen molar-refractivity contribution in [3.8, 4) is 5.75 Å². The van der Waals surface area contributed by atoms with Crippen LogP contribution in [0.15, 0.2) is 48.5 Å². The molecule has 2 aromatic rings. The second-order valence-corrected chi connectivity index (χ2v) is 8.69. The van der Waals surface area contributed by atoms with Gasteiger partial charge in [0, 0.05) is 31.5 Å². The van der Waals surface area contributed by atoms with Crippen LogP contribution in [-0.2, 0) is 11.2 Å². The van der Waals surface area contributed by atoms with Gasteiger partial charge in [0.2, 0.25) is 5.91 Å². The minimum absolute atomic E-state index is 0.0696. The quantitative estimate of drug-likeness (QED) is 0.651. The van der Waals surface area contributed by atoms with Gasteiger partial charge in [0.05, 0.1) is 12.1 Å². The number of ether oxygens (including phenoxy) is 1. The average molecular weight is 409 g/mol. The van der Waals surface area contributed by atoms with Crippen molar-refractivity contribution in [1.29, 1.82) is 0 Å². The summed E-state index contributed by atoms with van der Waals surface area (Å²) in [6.45, 7) is 4.02. The van der Waals surface area contributed by atoms with Gasteiger partial charge in [-0.1, -0.05) is 49.4 Å². The molecule has 3 atom stereocenters. The predicted octanol–water partition coefficient (Wildman–Crippen LogP) is 3.82. The van der Waals surface area contributed by atoms with Crippen molar-refractivity contribution < 1.29 is 14.6 Å². The monoisotopic (exact) mass is 408 g/mol. The third-order valence-electron chi connectivity index (χ3n) is 6.50. The molecule has 1 aliphatic heterocycles. The summed E-state index contributed by atoms with van der Waals surface area (Å²) in [5.74, 6) is 0.812. The Bertz CT molecular complexity index is 879. The number of aliphatic hydroxyl groups excluding tert-OH is 1. The highest BCUT2D eigenvalue weighted by Gasteiger charge is 2.45. The largest absolute Gasteiger partial charge is 0.487 e. The first-order valence-corrected chi connectivity index (χ1v) is 11.0. The van der Waals surface area contributed by atoms with E-state index in [9.17, 15) is 9.90 Å². The molecule has 1 saturated carbocycles. The molecule has 3 N–H and O–H groups in total. The molecule has 2 aromatic carbocycles. The number of fused-ring (bicyclic) bond motifs is 1. The van der Waals surface area contributed by atoms with Gasteiger partial charge < -0.3 is 20.5 Å². The highest BCUT2D eigenvalue weighted by atomic mass is 16.5. The molecule has 160 valence electrons. The van der Waals surface area contributed by atoms with Crippen LogP contribution in [0.25, 0.3) is 0 Å². The maximum Gasteiger partial charge on any atom is 0.217 e. The first kappa shape index (κ1) is 20.9. The van der Waals surface area contributed by atoms with E-state index in [2.05, 4.69) is 35.8 Å². The Balaban J connectivity index is 1.52. The Morgan fingerprint density at radius 3 is 2.63 bits per heavy atom. The summed E-state index contributed by atoms with van der Waals surface area (Å²) >= 11 is 0. The topological polar surface area (TPSA) is 70.6 Å². The van der Waals surface area contributed by atoms with E-state index in [1.165, 1.54) is 24.5 Å². The molecule has 0 radical (unpaired) electrons. The SMILES string of the molecule is CCc1ccc2c(c1)[C@@H](NC[C@@H](O)[C@@H](NC(C)=O)c1ccccc1)CC1(CCC1)O2. The highest BCUT2D eigenvalue weighted by Crippen LogP contribution is 2.49. The number of aliphatic hydroxyl groups is 1. The highest BCUT2D eigenvalue weighted by molar-refractivity contribution is 5.73. The van der Waals surface area contributed by atoms with Crippen molar-refractivity contribution in [2.24, 2.45) is 0 Å². The van der Waals surface area contributed by atoms with Crippen molar-refractivity contribution in [3.63, 3.8) is 0 Å². The second kappa shape index (κ2) is 8.78. The molecular formula is C25H32N2O3. The van der Waals surface area contributed by atoms with Crippen molar-refractivity contribution in [1.82, 2.24) is 10.6 Å². The number of aryl methyl sites for hydroxylation is 1. The predicted molar refractivity (Wildman–Crippen MR) is 117 cm³/mol. The van der Waals surface area contributed by atoms with E-state index < -0.39 is 12.1 Å². The Morgan fingerprint density at radius 1 is 1.23 bits per heavy atom. The standard InChI is InChI=1S/C25H32N2O3/c1-3-18-10-11-23-20(14-18)21(15-25(30-23)12-7-13-25)26-16-22(29)24(27-17(2)28)19-8-5-4-6-9-19/h4-6,8-11,14,21-22,24,26,29H,3,7,12-13,15-16H2,1-2H3,(H,27,28)/t21-,22+,24-/m0/s1. The lowest BCUT2D eigenvalue weighted by atomic mass is 9.72. The van der Waals surface area contributed by atoms with E-state index in [1.54, 1.807) is 0 Å². The number of benzene rings is 2. The summed E-state index contributed by atoms with van der Waals surface area (Å²) in [6.07, 6.45) is 4.52. The fourth-order valence-corrected chi connectivity index (χ4v) is 4.66. The van der Waals surface area contributed by atoms with Crippen LogP contribution in [-0.4, -0.2) is 29.3 Å². The van der Waals surface area contributed by atoms with Gasteiger partial charge in [0.15, 0.2) is 0 Å². The van der Waals surface area contributed by atoms with Crippen LogP contribution in [0, 0.1) is 0 Å². The summed E-state index contributed by atoms with van der Waals surface area (Å²) in [5, 5.41) is 17.5. The first-order chi connectivity index (χ1) is 14.5. The van der Waals surface area contributed by atoms with E-state index in [1.807, 2.05) is 30.3 Å². The van der Waals surface area contributed by atoms with E-state index >= 15 is 0 Å². The van der Waals surface area contributed by atoms with Gasteiger partial charge in [-0.3, -0.25) is 4.79 Å². The molecule has 30 heavy (non-hydrogen) atoms. The molecule has 0 bridgehead atoms. The zero-order valence-electron chi connectivity index (χ0n) is 17.9.